The van der Waals surface area contributed by atoms with Crippen LogP contribution in [0.4, 0.5) is 0 Å². The molecule has 0 radical (unpaired) electrons. The van der Waals surface area contributed by atoms with Crippen LogP contribution >= 0.6 is 0 Å². The second-order valence-electron chi connectivity index (χ2n) is 3.13. The molecule has 1 aromatic rings. The minimum Gasteiger partial charge on any atom is -0.465 e. The van der Waals surface area contributed by atoms with Gasteiger partial charge in [-0.1, -0.05) is 12.1 Å². The summed E-state index contributed by atoms with van der Waals surface area (Å²) >= 11 is 0. The number of hydrogen-bond donors (Lipinski definition) is 2. The van der Waals surface area contributed by atoms with E-state index >= 15 is 0 Å². The van der Waals surface area contributed by atoms with Gasteiger partial charge < -0.3 is 15.3 Å². The SMILES string of the molecule is COC(=O)c1ccc(CC(=N)CO)cc1. The van der Waals surface area contributed by atoms with Crippen LogP contribution in [0.2, 0.25) is 0 Å². The largest absolute Gasteiger partial charge is 0.465 e. The number of benzene rings is 1. The van der Waals surface area contributed by atoms with Crippen molar-refractivity contribution in [2.75, 3.05) is 13.7 Å². The third kappa shape index (κ3) is 3.18. The van der Waals surface area contributed by atoms with Gasteiger partial charge in [0.05, 0.1) is 19.3 Å². The molecule has 2 N–H and O–H groups in total. The van der Waals surface area contributed by atoms with Crippen molar-refractivity contribution in [2.45, 2.75) is 6.42 Å². The van der Waals surface area contributed by atoms with Crippen LogP contribution in [0.15, 0.2) is 24.3 Å². The molecule has 1 rings (SSSR count). The van der Waals surface area contributed by atoms with Crippen molar-refractivity contribution >= 4 is 11.7 Å². The maximum atomic E-state index is 11.1. The topological polar surface area (TPSA) is 70.4 Å². The van der Waals surface area contributed by atoms with Gasteiger partial charge in [0.2, 0.25) is 0 Å². The van der Waals surface area contributed by atoms with Gasteiger partial charge in [-0.3, -0.25) is 0 Å². The molecule has 0 unspecified atom stereocenters. The third-order valence-electron chi connectivity index (χ3n) is 1.98. The Hall–Kier alpha value is -1.68. The summed E-state index contributed by atoms with van der Waals surface area (Å²) < 4.78 is 4.56. The second-order valence-corrected chi connectivity index (χ2v) is 3.13. The Kier molecular flexibility index (Phi) is 4.00. The van der Waals surface area contributed by atoms with Crippen LogP contribution in [0.3, 0.4) is 0 Å². The Bertz CT molecular complexity index is 357. The molecule has 0 saturated carbocycles. The molecule has 80 valence electrons. The highest BCUT2D eigenvalue weighted by atomic mass is 16.5. The van der Waals surface area contributed by atoms with Crippen molar-refractivity contribution in [2.24, 2.45) is 0 Å². The van der Waals surface area contributed by atoms with Gasteiger partial charge in [0.25, 0.3) is 0 Å². The standard InChI is InChI=1S/C11H13NO3/c1-15-11(14)9-4-2-8(3-5-9)6-10(12)7-13/h2-5,12-13H,6-7H2,1H3. The average Bonchev–Trinajstić information content (AvgIpc) is 2.29. The van der Waals surface area contributed by atoms with Gasteiger partial charge in [0.15, 0.2) is 0 Å². The Morgan fingerprint density at radius 2 is 2.00 bits per heavy atom. The fourth-order valence-corrected chi connectivity index (χ4v) is 1.18. The molecule has 0 atom stereocenters. The predicted octanol–water partition coefficient (Wildman–Crippen LogP) is 1.03. The first-order valence-electron chi connectivity index (χ1n) is 4.51. The maximum Gasteiger partial charge on any atom is 0.337 e. The van der Waals surface area contributed by atoms with Gasteiger partial charge in [-0.2, -0.15) is 0 Å². The van der Waals surface area contributed by atoms with Gasteiger partial charge in [-0.15, -0.1) is 0 Å². The number of aliphatic hydroxyl groups excluding tert-OH is 1. The lowest BCUT2D eigenvalue weighted by molar-refractivity contribution is 0.0600. The fraction of sp³-hybridized carbons (Fsp3) is 0.273. The zero-order valence-electron chi connectivity index (χ0n) is 8.49. The Labute approximate surface area is 88.0 Å². The molecule has 0 saturated heterocycles. The highest BCUT2D eigenvalue weighted by Crippen LogP contribution is 2.06. The van der Waals surface area contributed by atoms with Gasteiger partial charge in [0.1, 0.15) is 0 Å². The minimum absolute atomic E-state index is 0.237. The molecule has 0 heterocycles. The molecule has 0 amide bonds. The molecule has 0 fully saturated rings. The van der Waals surface area contributed by atoms with E-state index < -0.39 is 0 Å². The predicted molar refractivity (Wildman–Crippen MR) is 56.3 cm³/mol. The normalized spacial score (nSPS) is 9.73. The number of rotatable bonds is 4. The smallest absolute Gasteiger partial charge is 0.337 e. The molecular formula is C11H13NO3. The molecule has 15 heavy (non-hydrogen) atoms. The van der Waals surface area contributed by atoms with Gasteiger partial charge in [-0.05, 0) is 17.7 Å². The van der Waals surface area contributed by atoms with Crippen molar-refractivity contribution in [3.63, 3.8) is 0 Å². The highest BCUT2D eigenvalue weighted by molar-refractivity contribution is 5.89. The van der Waals surface area contributed by atoms with Gasteiger partial charge in [0, 0.05) is 12.1 Å². The lowest BCUT2D eigenvalue weighted by Gasteiger charge is -2.02. The highest BCUT2D eigenvalue weighted by Gasteiger charge is 2.04. The zero-order valence-corrected chi connectivity index (χ0v) is 8.49. The molecule has 0 aliphatic carbocycles. The van der Waals surface area contributed by atoms with E-state index in [0.29, 0.717) is 12.0 Å². The quantitative estimate of drug-likeness (QED) is 0.572. The summed E-state index contributed by atoms with van der Waals surface area (Å²) in [6, 6.07) is 6.78. The van der Waals surface area contributed by atoms with Crippen LogP contribution in [-0.4, -0.2) is 30.5 Å². The van der Waals surface area contributed by atoms with Crippen LogP contribution in [0.25, 0.3) is 0 Å². The summed E-state index contributed by atoms with van der Waals surface area (Å²) in [6.45, 7) is -0.237. The first kappa shape index (κ1) is 11.4. The number of aliphatic hydroxyl groups is 1. The summed E-state index contributed by atoms with van der Waals surface area (Å²) in [5.74, 6) is -0.376. The Morgan fingerprint density at radius 3 is 2.47 bits per heavy atom. The van der Waals surface area contributed by atoms with E-state index in [4.69, 9.17) is 10.5 Å². The van der Waals surface area contributed by atoms with E-state index in [0.717, 1.165) is 5.56 Å². The van der Waals surface area contributed by atoms with Crippen LogP contribution in [0.5, 0.6) is 0 Å². The van der Waals surface area contributed by atoms with E-state index in [2.05, 4.69) is 4.74 Å². The first-order chi connectivity index (χ1) is 7.17. The Morgan fingerprint density at radius 1 is 1.40 bits per heavy atom. The molecule has 0 aliphatic rings. The van der Waals surface area contributed by atoms with Crippen molar-refractivity contribution in [3.8, 4) is 0 Å². The van der Waals surface area contributed by atoms with Crippen molar-refractivity contribution in [1.29, 1.82) is 5.41 Å². The Balaban J connectivity index is 2.72. The summed E-state index contributed by atoms with van der Waals surface area (Å²) in [5, 5.41) is 16.0. The first-order valence-corrected chi connectivity index (χ1v) is 4.51. The van der Waals surface area contributed by atoms with E-state index in [1.165, 1.54) is 7.11 Å². The number of methoxy groups -OCH3 is 1. The molecular weight excluding hydrogens is 194 g/mol. The number of ether oxygens (including phenoxy) is 1. The number of nitrogens with one attached hydrogen (secondary N) is 1. The van der Waals surface area contributed by atoms with E-state index in [9.17, 15) is 4.79 Å². The van der Waals surface area contributed by atoms with E-state index in [-0.39, 0.29) is 18.3 Å². The van der Waals surface area contributed by atoms with Crippen LogP contribution in [0, 0.1) is 5.41 Å². The van der Waals surface area contributed by atoms with Crippen molar-refractivity contribution in [3.05, 3.63) is 35.4 Å². The van der Waals surface area contributed by atoms with Crippen molar-refractivity contribution in [1.82, 2.24) is 0 Å². The van der Waals surface area contributed by atoms with Crippen molar-refractivity contribution < 1.29 is 14.6 Å². The maximum absolute atomic E-state index is 11.1. The van der Waals surface area contributed by atoms with Gasteiger partial charge >= 0.3 is 5.97 Å². The minimum atomic E-state index is -0.376. The number of carbonyl (C=O) groups is 1. The lowest BCUT2D eigenvalue weighted by atomic mass is 10.1. The molecule has 0 aromatic heterocycles. The van der Waals surface area contributed by atoms with Crippen LogP contribution < -0.4 is 0 Å². The summed E-state index contributed by atoms with van der Waals surface area (Å²) in [4.78, 5) is 11.1. The monoisotopic (exact) mass is 207 g/mol. The van der Waals surface area contributed by atoms with Crippen LogP contribution in [0.1, 0.15) is 15.9 Å². The third-order valence-corrected chi connectivity index (χ3v) is 1.98. The number of hydrogen-bond acceptors (Lipinski definition) is 4. The summed E-state index contributed by atoms with van der Waals surface area (Å²) in [5.41, 5.74) is 1.62. The van der Waals surface area contributed by atoms with E-state index in [1.54, 1.807) is 24.3 Å². The second kappa shape index (κ2) is 5.26. The molecule has 0 aliphatic heterocycles. The van der Waals surface area contributed by atoms with Gasteiger partial charge in [-0.25, -0.2) is 4.79 Å². The number of esters is 1. The van der Waals surface area contributed by atoms with Crippen LogP contribution in [-0.2, 0) is 11.2 Å². The fourth-order valence-electron chi connectivity index (χ4n) is 1.18. The summed E-state index contributed by atoms with van der Waals surface area (Å²) in [7, 11) is 1.33. The number of carbonyl (C=O) groups excluding carboxylic acids is 1. The molecule has 4 nitrogen and oxygen atoms in total. The van der Waals surface area contributed by atoms with E-state index in [1.807, 2.05) is 0 Å². The summed E-state index contributed by atoms with van der Waals surface area (Å²) in [6.07, 6.45) is 0.401. The molecule has 0 bridgehead atoms. The average molecular weight is 207 g/mol. The molecule has 0 spiro atoms. The molecule has 1 aromatic carbocycles. The molecule has 4 heteroatoms. The lowest BCUT2D eigenvalue weighted by Crippen LogP contribution is -2.07. The zero-order chi connectivity index (χ0) is 11.3.